The van der Waals surface area contributed by atoms with E-state index in [1.54, 1.807) is 0 Å². The molecule has 0 bridgehead atoms. The first-order chi connectivity index (χ1) is 13.5. The fraction of sp³-hybridized carbons (Fsp3) is 0.333. The van der Waals surface area contributed by atoms with Crippen molar-refractivity contribution in [3.05, 3.63) is 48.3 Å². The Morgan fingerprint density at radius 3 is 2.71 bits per heavy atom. The minimum atomic E-state index is 0.0445. The summed E-state index contributed by atoms with van der Waals surface area (Å²) in [6.07, 6.45) is 1.82. The van der Waals surface area contributed by atoms with Crippen LogP contribution in [0.5, 0.6) is 0 Å². The van der Waals surface area contributed by atoms with Crippen molar-refractivity contribution in [2.75, 3.05) is 36.4 Å². The number of carbonyl (C=O) groups is 1. The van der Waals surface area contributed by atoms with Crippen molar-refractivity contribution < 1.29 is 10.5 Å². The lowest BCUT2D eigenvalue weighted by atomic mass is 10.2. The molecule has 3 aromatic rings. The van der Waals surface area contributed by atoms with Gasteiger partial charge in [0.1, 0.15) is 11.4 Å². The van der Waals surface area contributed by atoms with Crippen LogP contribution >= 0.6 is 0 Å². The van der Waals surface area contributed by atoms with E-state index in [9.17, 15) is 4.79 Å². The Labute approximate surface area is 164 Å². The third-order valence-electron chi connectivity index (χ3n) is 5.01. The summed E-state index contributed by atoms with van der Waals surface area (Å²) in [4.78, 5) is 24.9. The lowest BCUT2D eigenvalue weighted by molar-refractivity contribution is -0.254. The molecule has 5 N–H and O–H groups in total. The fourth-order valence-electron chi connectivity index (χ4n) is 3.66. The maximum Gasteiger partial charge on any atom is 0.270 e. The molecule has 1 amide bonds. The molecule has 0 atom stereocenters. The number of nitrogens with one attached hydrogen (secondary N) is 2. The Morgan fingerprint density at radius 1 is 1.18 bits per heavy atom. The molecule has 28 heavy (non-hydrogen) atoms. The van der Waals surface area contributed by atoms with E-state index in [2.05, 4.69) is 45.8 Å². The van der Waals surface area contributed by atoms with Crippen molar-refractivity contribution >= 4 is 34.0 Å². The highest BCUT2D eigenvalue weighted by Gasteiger charge is 2.25. The molecule has 1 aliphatic rings. The number of quaternary nitrogens is 1. The van der Waals surface area contributed by atoms with Crippen LogP contribution in [0.4, 0.5) is 17.2 Å². The zero-order valence-corrected chi connectivity index (χ0v) is 16.4. The molecule has 1 saturated heterocycles. The van der Waals surface area contributed by atoms with Crippen LogP contribution in [-0.2, 0) is 0 Å². The summed E-state index contributed by atoms with van der Waals surface area (Å²) in [5.74, 6) is 1.000. The molecular weight excluding hydrogens is 352 g/mol. The SMILES string of the molecule is CC(C)Nc1cccnc1N1CCN(C(=O)c2cc3cc([NH3+])ccc3[nH]2)CC1. The largest absolute Gasteiger partial charge is 0.380 e. The Morgan fingerprint density at radius 2 is 1.96 bits per heavy atom. The van der Waals surface area contributed by atoms with Crippen molar-refractivity contribution in [1.82, 2.24) is 14.9 Å². The maximum atomic E-state index is 12.9. The average Bonchev–Trinajstić information content (AvgIpc) is 3.11. The number of carbonyl (C=O) groups excluding carboxylic acids is 1. The van der Waals surface area contributed by atoms with Crippen LogP contribution in [0.2, 0.25) is 0 Å². The van der Waals surface area contributed by atoms with E-state index in [1.165, 1.54) is 0 Å². The zero-order chi connectivity index (χ0) is 19.7. The fourth-order valence-corrected chi connectivity index (χ4v) is 3.66. The highest BCUT2D eigenvalue weighted by atomic mass is 16.2. The number of benzene rings is 1. The molecule has 0 saturated carbocycles. The molecule has 2 aromatic heterocycles. The molecule has 1 aliphatic heterocycles. The second-order valence-corrected chi connectivity index (χ2v) is 7.56. The van der Waals surface area contributed by atoms with Gasteiger partial charge in [0, 0.05) is 61.5 Å². The Balaban J connectivity index is 1.46. The lowest BCUT2D eigenvalue weighted by Crippen LogP contribution is -2.49. The van der Waals surface area contributed by atoms with Crippen molar-refractivity contribution in [2.24, 2.45) is 0 Å². The van der Waals surface area contributed by atoms with Gasteiger partial charge in [0.2, 0.25) is 0 Å². The van der Waals surface area contributed by atoms with E-state index >= 15 is 0 Å². The van der Waals surface area contributed by atoms with Gasteiger partial charge in [0.05, 0.1) is 5.69 Å². The summed E-state index contributed by atoms with van der Waals surface area (Å²) in [5, 5.41) is 4.48. The first-order valence-corrected chi connectivity index (χ1v) is 9.72. The van der Waals surface area contributed by atoms with E-state index in [-0.39, 0.29) is 5.91 Å². The van der Waals surface area contributed by atoms with Gasteiger partial charge in [0.15, 0.2) is 5.82 Å². The predicted molar refractivity (Wildman–Crippen MR) is 112 cm³/mol. The second kappa shape index (κ2) is 7.52. The summed E-state index contributed by atoms with van der Waals surface area (Å²) in [7, 11) is 0. The van der Waals surface area contributed by atoms with Crippen LogP contribution in [0.3, 0.4) is 0 Å². The number of nitrogens with zero attached hydrogens (tertiary/aromatic N) is 3. The highest BCUT2D eigenvalue weighted by Crippen LogP contribution is 2.25. The Bertz CT molecular complexity index is 987. The van der Waals surface area contributed by atoms with Gasteiger partial charge in [-0.15, -0.1) is 0 Å². The summed E-state index contributed by atoms with van der Waals surface area (Å²) in [6.45, 7) is 7.10. The van der Waals surface area contributed by atoms with Gasteiger partial charge in [0.25, 0.3) is 5.91 Å². The average molecular weight is 379 g/mol. The molecule has 146 valence electrons. The molecule has 3 heterocycles. The van der Waals surface area contributed by atoms with Gasteiger partial charge in [-0.1, -0.05) is 0 Å². The van der Waals surface area contributed by atoms with Crippen molar-refractivity contribution in [3.63, 3.8) is 0 Å². The van der Waals surface area contributed by atoms with Crippen LogP contribution in [0.15, 0.2) is 42.6 Å². The topological polar surface area (TPSA) is 91.9 Å². The minimum Gasteiger partial charge on any atom is -0.380 e. The molecule has 1 fully saturated rings. The molecule has 7 heteroatoms. The van der Waals surface area contributed by atoms with Crippen LogP contribution in [0, 0.1) is 0 Å². The standard InChI is InChI=1S/C21H26N6O/c1-14(2)24-18-4-3-7-23-20(18)26-8-10-27(11-9-26)21(28)19-13-15-12-16(22)5-6-17(15)25-19/h3-7,12-14,24-25H,8-11,22H2,1-2H3/p+1. The number of hydrogen-bond acceptors (Lipinski definition) is 4. The van der Waals surface area contributed by atoms with Crippen molar-refractivity contribution in [1.29, 1.82) is 0 Å². The molecular formula is C21H27N6O+. The summed E-state index contributed by atoms with van der Waals surface area (Å²) < 4.78 is 0. The summed E-state index contributed by atoms with van der Waals surface area (Å²) in [5.41, 5.74) is 7.53. The van der Waals surface area contributed by atoms with E-state index in [0.29, 0.717) is 24.8 Å². The Kier molecular flexibility index (Phi) is 4.92. The van der Waals surface area contributed by atoms with Gasteiger partial charge >= 0.3 is 0 Å². The van der Waals surface area contributed by atoms with Gasteiger partial charge in [-0.05, 0) is 38.1 Å². The summed E-state index contributed by atoms with van der Waals surface area (Å²) in [6, 6.07) is 12.2. The van der Waals surface area contributed by atoms with Gasteiger partial charge in [-0.2, -0.15) is 0 Å². The monoisotopic (exact) mass is 379 g/mol. The number of amides is 1. The lowest BCUT2D eigenvalue weighted by Gasteiger charge is -2.36. The number of aromatic nitrogens is 2. The van der Waals surface area contributed by atoms with Crippen molar-refractivity contribution in [2.45, 2.75) is 19.9 Å². The van der Waals surface area contributed by atoms with E-state index in [0.717, 1.165) is 41.2 Å². The number of aromatic amines is 1. The quantitative estimate of drug-likeness (QED) is 0.648. The zero-order valence-electron chi connectivity index (χ0n) is 16.4. The normalized spacial score (nSPS) is 14.7. The van der Waals surface area contributed by atoms with Crippen LogP contribution in [-0.4, -0.2) is 53.0 Å². The molecule has 7 nitrogen and oxygen atoms in total. The van der Waals surface area contributed by atoms with Gasteiger partial charge in [-0.25, -0.2) is 4.98 Å². The van der Waals surface area contributed by atoms with Gasteiger partial charge < -0.3 is 25.8 Å². The third-order valence-corrected chi connectivity index (χ3v) is 5.01. The first kappa shape index (κ1) is 18.3. The molecule has 0 unspecified atom stereocenters. The molecule has 4 rings (SSSR count). The third kappa shape index (κ3) is 3.66. The molecule has 0 radical (unpaired) electrons. The van der Waals surface area contributed by atoms with Crippen LogP contribution in [0.25, 0.3) is 10.9 Å². The number of fused-ring (bicyclic) bond motifs is 1. The Hall–Kier alpha value is -3.06. The van der Waals surface area contributed by atoms with Crippen LogP contribution in [0.1, 0.15) is 24.3 Å². The number of pyridine rings is 1. The molecule has 1 aromatic carbocycles. The predicted octanol–water partition coefficient (Wildman–Crippen LogP) is 2.22. The smallest absolute Gasteiger partial charge is 0.270 e. The van der Waals surface area contributed by atoms with E-state index in [1.807, 2.05) is 41.4 Å². The summed E-state index contributed by atoms with van der Waals surface area (Å²) >= 11 is 0. The van der Waals surface area contributed by atoms with Crippen LogP contribution < -0.4 is 16.0 Å². The number of rotatable bonds is 4. The number of anilines is 2. The molecule has 0 spiro atoms. The second-order valence-electron chi connectivity index (χ2n) is 7.56. The number of hydrogen-bond donors (Lipinski definition) is 3. The first-order valence-electron chi connectivity index (χ1n) is 9.72. The van der Waals surface area contributed by atoms with Crippen molar-refractivity contribution in [3.8, 4) is 0 Å². The van der Waals surface area contributed by atoms with Gasteiger partial charge in [-0.3, -0.25) is 4.79 Å². The number of H-pyrrole nitrogens is 1. The minimum absolute atomic E-state index is 0.0445. The van der Waals surface area contributed by atoms with E-state index in [4.69, 9.17) is 0 Å². The molecule has 0 aliphatic carbocycles. The maximum absolute atomic E-state index is 12.9. The highest BCUT2D eigenvalue weighted by molar-refractivity contribution is 5.98. The van der Waals surface area contributed by atoms with E-state index < -0.39 is 0 Å². The number of piperazine rings is 1.